The summed E-state index contributed by atoms with van der Waals surface area (Å²) in [5, 5.41) is 15.8. The molecule has 148 valence electrons. The number of nitro benzene ring substituents is 1. The standard InChI is InChI=1S/C18H17ClN2O6S/c19-18(22)12-4-6-15-11(8-12)2-1-3-13(15)10-27-17-7-5-14(28(20,25)26)9-16(17)21(23)24/h4-9,13H,1-3,10H2,(H2,20,25,26). The van der Waals surface area contributed by atoms with Crippen molar-refractivity contribution in [2.75, 3.05) is 6.61 Å². The van der Waals surface area contributed by atoms with E-state index in [1.165, 1.54) is 12.1 Å². The van der Waals surface area contributed by atoms with Gasteiger partial charge >= 0.3 is 5.69 Å². The first kappa shape index (κ1) is 20.2. The largest absolute Gasteiger partial charge is 0.486 e. The monoisotopic (exact) mass is 424 g/mol. The molecule has 0 spiro atoms. The number of carbonyl (C=O) groups is 1. The van der Waals surface area contributed by atoms with Crippen molar-refractivity contribution >= 4 is 32.6 Å². The first-order chi connectivity index (χ1) is 13.2. The van der Waals surface area contributed by atoms with Gasteiger partial charge in [0, 0.05) is 17.5 Å². The van der Waals surface area contributed by atoms with Gasteiger partial charge in [-0.15, -0.1) is 0 Å². The lowest BCUT2D eigenvalue weighted by atomic mass is 9.82. The maximum Gasteiger partial charge on any atom is 0.312 e. The summed E-state index contributed by atoms with van der Waals surface area (Å²) in [7, 11) is -4.06. The quantitative estimate of drug-likeness (QED) is 0.430. The van der Waals surface area contributed by atoms with Crippen LogP contribution in [0.3, 0.4) is 0 Å². The number of benzene rings is 2. The lowest BCUT2D eigenvalue weighted by Crippen LogP contribution is -2.18. The summed E-state index contributed by atoms with van der Waals surface area (Å²) in [6.07, 6.45) is 2.52. The molecule has 2 N–H and O–H groups in total. The smallest absolute Gasteiger partial charge is 0.312 e. The Morgan fingerprint density at radius 2 is 2.04 bits per heavy atom. The molecule has 2 aromatic rings. The summed E-state index contributed by atoms with van der Waals surface area (Å²) in [4.78, 5) is 21.6. The number of fused-ring (bicyclic) bond motifs is 1. The van der Waals surface area contributed by atoms with E-state index in [9.17, 15) is 23.3 Å². The van der Waals surface area contributed by atoms with Gasteiger partial charge in [-0.3, -0.25) is 14.9 Å². The van der Waals surface area contributed by atoms with Crippen LogP contribution in [0.15, 0.2) is 41.3 Å². The SMILES string of the molecule is NS(=O)(=O)c1ccc(OCC2CCCc3cc(C(=O)Cl)ccc32)c([N+](=O)[O-])c1. The highest BCUT2D eigenvalue weighted by molar-refractivity contribution is 7.89. The number of ether oxygens (including phenoxy) is 1. The van der Waals surface area contributed by atoms with Crippen LogP contribution in [0.5, 0.6) is 5.75 Å². The molecule has 0 fully saturated rings. The minimum atomic E-state index is -4.06. The lowest BCUT2D eigenvalue weighted by molar-refractivity contribution is -0.386. The van der Waals surface area contributed by atoms with Crippen LogP contribution < -0.4 is 9.88 Å². The van der Waals surface area contributed by atoms with E-state index in [0.717, 1.165) is 36.5 Å². The Kier molecular flexibility index (Phi) is 5.69. The van der Waals surface area contributed by atoms with Crippen molar-refractivity contribution in [2.24, 2.45) is 5.14 Å². The molecule has 0 aromatic heterocycles. The molecule has 0 saturated heterocycles. The number of nitro groups is 1. The van der Waals surface area contributed by atoms with Crippen molar-refractivity contribution in [2.45, 2.75) is 30.1 Å². The number of carbonyl (C=O) groups excluding carboxylic acids is 1. The Morgan fingerprint density at radius 1 is 1.29 bits per heavy atom. The highest BCUT2D eigenvalue weighted by Crippen LogP contribution is 2.35. The van der Waals surface area contributed by atoms with Gasteiger partial charge in [-0.05, 0) is 66.3 Å². The molecule has 2 aromatic carbocycles. The summed E-state index contributed by atoms with van der Waals surface area (Å²) < 4.78 is 28.5. The van der Waals surface area contributed by atoms with E-state index < -0.39 is 25.9 Å². The van der Waals surface area contributed by atoms with E-state index in [1.807, 2.05) is 6.07 Å². The van der Waals surface area contributed by atoms with Crippen LogP contribution in [0.4, 0.5) is 5.69 Å². The van der Waals surface area contributed by atoms with Crippen molar-refractivity contribution in [1.82, 2.24) is 0 Å². The van der Waals surface area contributed by atoms with Gasteiger partial charge in [-0.1, -0.05) is 6.07 Å². The van der Waals surface area contributed by atoms with Crippen LogP contribution in [0.1, 0.15) is 40.2 Å². The average Bonchev–Trinajstić information content (AvgIpc) is 2.64. The van der Waals surface area contributed by atoms with E-state index in [0.29, 0.717) is 5.56 Å². The van der Waals surface area contributed by atoms with Crippen molar-refractivity contribution in [3.63, 3.8) is 0 Å². The van der Waals surface area contributed by atoms with Gasteiger partial charge < -0.3 is 4.74 Å². The summed E-state index contributed by atoms with van der Waals surface area (Å²) in [5.41, 5.74) is 1.98. The zero-order valence-electron chi connectivity index (χ0n) is 14.6. The predicted molar refractivity (Wildman–Crippen MR) is 102 cm³/mol. The van der Waals surface area contributed by atoms with E-state index >= 15 is 0 Å². The summed E-state index contributed by atoms with van der Waals surface area (Å²) >= 11 is 5.54. The predicted octanol–water partition coefficient (Wildman–Crippen LogP) is 3.12. The van der Waals surface area contributed by atoms with Gasteiger partial charge in [-0.2, -0.15) is 0 Å². The Morgan fingerprint density at radius 3 is 2.68 bits per heavy atom. The minimum absolute atomic E-state index is 0.0132. The highest BCUT2D eigenvalue weighted by atomic mass is 35.5. The summed E-state index contributed by atoms with van der Waals surface area (Å²) in [6.45, 7) is 0.177. The number of rotatable bonds is 6. The normalized spacial score (nSPS) is 16.3. The fraction of sp³-hybridized carbons (Fsp3) is 0.278. The molecule has 1 aliphatic rings. The molecule has 0 radical (unpaired) electrons. The minimum Gasteiger partial charge on any atom is -0.486 e. The number of aryl methyl sites for hydroxylation is 1. The van der Waals surface area contributed by atoms with Crippen molar-refractivity contribution in [1.29, 1.82) is 0 Å². The Balaban J connectivity index is 1.84. The molecule has 8 nitrogen and oxygen atoms in total. The summed E-state index contributed by atoms with van der Waals surface area (Å²) in [6, 6.07) is 8.53. The van der Waals surface area contributed by atoms with Crippen LogP contribution >= 0.6 is 11.6 Å². The third kappa shape index (κ3) is 4.32. The molecule has 0 aliphatic heterocycles. The molecule has 28 heavy (non-hydrogen) atoms. The second kappa shape index (κ2) is 7.86. The number of hydrogen-bond acceptors (Lipinski definition) is 6. The molecule has 0 heterocycles. The van der Waals surface area contributed by atoms with Gasteiger partial charge in [0.2, 0.25) is 10.0 Å². The van der Waals surface area contributed by atoms with Crippen LogP contribution in [-0.4, -0.2) is 25.2 Å². The van der Waals surface area contributed by atoms with E-state index in [4.69, 9.17) is 21.5 Å². The van der Waals surface area contributed by atoms with Gasteiger partial charge in [0.1, 0.15) is 0 Å². The summed E-state index contributed by atoms with van der Waals surface area (Å²) in [5.74, 6) is -0.0437. The molecule has 1 unspecified atom stereocenters. The topological polar surface area (TPSA) is 130 Å². The molecule has 0 bridgehead atoms. The second-order valence-corrected chi connectivity index (χ2v) is 8.42. The van der Waals surface area contributed by atoms with E-state index in [2.05, 4.69) is 0 Å². The third-order valence-corrected chi connectivity index (χ3v) is 5.83. The lowest BCUT2D eigenvalue weighted by Gasteiger charge is -2.26. The molecule has 1 atom stereocenters. The maximum absolute atomic E-state index is 11.4. The Bertz CT molecular complexity index is 1050. The number of hydrogen-bond donors (Lipinski definition) is 1. The zero-order valence-corrected chi connectivity index (χ0v) is 16.2. The van der Waals surface area contributed by atoms with Crippen molar-refractivity contribution in [3.05, 3.63) is 63.2 Å². The van der Waals surface area contributed by atoms with Crippen LogP contribution in [0, 0.1) is 10.1 Å². The van der Waals surface area contributed by atoms with Crippen molar-refractivity contribution < 1.29 is 22.9 Å². The fourth-order valence-corrected chi connectivity index (χ4v) is 3.99. The van der Waals surface area contributed by atoms with E-state index in [1.54, 1.807) is 12.1 Å². The van der Waals surface area contributed by atoms with Gasteiger partial charge in [0.05, 0.1) is 16.4 Å². The maximum atomic E-state index is 11.4. The molecular weight excluding hydrogens is 408 g/mol. The van der Waals surface area contributed by atoms with Crippen LogP contribution in [-0.2, 0) is 16.4 Å². The first-order valence-corrected chi connectivity index (χ1v) is 10.4. The molecular formula is C18H17ClN2O6S. The molecule has 1 aliphatic carbocycles. The second-order valence-electron chi connectivity index (χ2n) is 6.52. The van der Waals surface area contributed by atoms with E-state index in [-0.39, 0.29) is 23.2 Å². The van der Waals surface area contributed by atoms with Gasteiger partial charge in [-0.25, -0.2) is 13.6 Å². The van der Waals surface area contributed by atoms with Gasteiger partial charge in [0.15, 0.2) is 5.75 Å². The number of halogens is 1. The molecule has 3 rings (SSSR count). The average molecular weight is 425 g/mol. The number of nitrogens with zero attached hydrogens (tertiary/aromatic N) is 1. The van der Waals surface area contributed by atoms with Gasteiger partial charge in [0.25, 0.3) is 5.24 Å². The highest BCUT2D eigenvalue weighted by Gasteiger charge is 2.25. The zero-order chi connectivity index (χ0) is 20.5. The number of sulfonamides is 1. The number of nitrogens with two attached hydrogens (primary N) is 1. The fourth-order valence-electron chi connectivity index (χ4n) is 3.34. The number of primary sulfonamides is 1. The Hall–Kier alpha value is -2.49. The molecule has 0 saturated carbocycles. The van der Waals surface area contributed by atoms with Crippen molar-refractivity contribution in [3.8, 4) is 5.75 Å². The molecule has 0 amide bonds. The first-order valence-electron chi connectivity index (χ1n) is 8.43. The Labute approximate surface area is 166 Å². The van der Waals surface area contributed by atoms with Crippen LogP contribution in [0.25, 0.3) is 0 Å². The van der Waals surface area contributed by atoms with Crippen LogP contribution in [0.2, 0.25) is 0 Å². The third-order valence-electron chi connectivity index (χ3n) is 4.70. The molecule has 10 heteroatoms.